The molecule has 0 saturated heterocycles. The number of carbonyl (C=O) groups is 4. The summed E-state index contributed by atoms with van der Waals surface area (Å²) >= 11 is 0. The first-order valence-corrected chi connectivity index (χ1v) is 22.7. The van der Waals surface area contributed by atoms with E-state index in [0.29, 0.717) is 39.7 Å². The zero-order chi connectivity index (χ0) is 51.9. The third-order valence-electron chi connectivity index (χ3n) is 10.9. The van der Waals surface area contributed by atoms with Gasteiger partial charge >= 0.3 is 24.3 Å². The van der Waals surface area contributed by atoms with Crippen LogP contribution in [0.5, 0.6) is 11.5 Å². The molecule has 71 heavy (non-hydrogen) atoms. The molecule has 0 aliphatic carbocycles. The zero-order valence-electron chi connectivity index (χ0n) is 39.3. The van der Waals surface area contributed by atoms with Gasteiger partial charge in [-0.3, -0.25) is 19.2 Å². The van der Waals surface area contributed by atoms with Gasteiger partial charge in [0.2, 0.25) is 0 Å². The molecule has 2 unspecified atom stereocenters. The van der Waals surface area contributed by atoms with Crippen LogP contribution >= 0.6 is 0 Å². The van der Waals surface area contributed by atoms with Crippen molar-refractivity contribution in [3.8, 4) is 33.8 Å². The summed E-state index contributed by atoms with van der Waals surface area (Å²) in [6.07, 6.45) is -8.86. The Morgan fingerprint density at radius 2 is 0.817 bits per heavy atom. The lowest BCUT2D eigenvalue weighted by Crippen LogP contribution is -2.25. The van der Waals surface area contributed by atoms with Crippen LogP contribution in [-0.2, 0) is 21.9 Å². The minimum atomic E-state index is -4.37. The van der Waals surface area contributed by atoms with E-state index in [1.54, 1.807) is 48.5 Å². The van der Waals surface area contributed by atoms with Gasteiger partial charge in [-0.15, -0.1) is 0 Å². The van der Waals surface area contributed by atoms with Crippen LogP contribution in [0.3, 0.4) is 0 Å². The van der Waals surface area contributed by atoms with Crippen LogP contribution in [0.4, 0.5) is 26.3 Å². The normalized spacial score (nSPS) is 12.3. The van der Waals surface area contributed by atoms with Crippen LogP contribution in [0.1, 0.15) is 102 Å². The molecule has 6 rings (SSSR count). The van der Waals surface area contributed by atoms with Crippen molar-refractivity contribution in [1.82, 2.24) is 10.6 Å². The lowest BCUT2D eigenvalue weighted by atomic mass is 9.96. The number of carboxylic acids is 2. The van der Waals surface area contributed by atoms with Gasteiger partial charge in [0.1, 0.15) is 23.7 Å². The molecule has 16 heteroatoms. The van der Waals surface area contributed by atoms with Crippen LogP contribution in [0.25, 0.3) is 22.3 Å². The maximum atomic E-state index is 12.8. The molecule has 0 fully saturated rings. The number of hydrogen-bond donors (Lipinski definition) is 4. The molecule has 0 spiro atoms. The van der Waals surface area contributed by atoms with E-state index in [4.69, 9.17) is 19.7 Å². The molecular formula is C55H54F6N2O8. The summed E-state index contributed by atoms with van der Waals surface area (Å²) in [4.78, 5) is 45.4. The topological polar surface area (TPSA) is 151 Å². The van der Waals surface area contributed by atoms with Gasteiger partial charge < -0.3 is 30.3 Å². The molecule has 0 aromatic heterocycles. The van der Waals surface area contributed by atoms with E-state index in [1.165, 1.54) is 24.3 Å². The third kappa shape index (κ3) is 16.8. The molecule has 0 aliphatic rings. The van der Waals surface area contributed by atoms with Gasteiger partial charge in [0, 0.05) is 24.2 Å². The highest BCUT2D eigenvalue weighted by Gasteiger charge is 2.31. The first kappa shape index (κ1) is 54.3. The second-order valence-corrected chi connectivity index (χ2v) is 17.3. The minimum absolute atomic E-state index is 0.0459. The van der Waals surface area contributed by atoms with Crippen molar-refractivity contribution in [1.29, 1.82) is 0 Å². The second-order valence-electron chi connectivity index (χ2n) is 17.3. The summed E-state index contributed by atoms with van der Waals surface area (Å²) in [6.45, 7) is 8.28. The molecule has 374 valence electrons. The van der Waals surface area contributed by atoms with Gasteiger partial charge in [-0.1, -0.05) is 100 Å². The molecule has 0 heterocycles. The Bertz CT molecular complexity index is 2670. The Hall–Kier alpha value is -7.62. The summed E-state index contributed by atoms with van der Waals surface area (Å²) in [7, 11) is 0. The van der Waals surface area contributed by atoms with E-state index in [1.807, 2.05) is 62.4 Å². The van der Waals surface area contributed by atoms with Gasteiger partial charge in [0.05, 0.1) is 24.0 Å². The Morgan fingerprint density at radius 3 is 1.14 bits per heavy atom. The van der Waals surface area contributed by atoms with Crippen molar-refractivity contribution >= 4 is 23.8 Å². The van der Waals surface area contributed by atoms with Crippen LogP contribution in [0, 0.1) is 11.8 Å². The fourth-order valence-corrected chi connectivity index (χ4v) is 7.18. The van der Waals surface area contributed by atoms with E-state index in [0.717, 1.165) is 52.9 Å². The van der Waals surface area contributed by atoms with Crippen molar-refractivity contribution in [3.63, 3.8) is 0 Å². The number of amides is 2. The Labute approximate surface area is 407 Å². The van der Waals surface area contributed by atoms with Gasteiger partial charge in [-0.05, 0) is 124 Å². The summed E-state index contributed by atoms with van der Waals surface area (Å²) in [6, 6.07) is 38.3. The van der Waals surface area contributed by atoms with E-state index in [9.17, 15) is 45.5 Å². The molecule has 6 aromatic carbocycles. The summed E-state index contributed by atoms with van der Waals surface area (Å²) < 4.78 is 89.3. The smallest absolute Gasteiger partial charge is 0.416 e. The van der Waals surface area contributed by atoms with Crippen molar-refractivity contribution in [3.05, 3.63) is 179 Å². The van der Waals surface area contributed by atoms with Crippen LogP contribution in [-0.4, -0.2) is 47.1 Å². The predicted molar refractivity (Wildman–Crippen MR) is 257 cm³/mol. The van der Waals surface area contributed by atoms with Gasteiger partial charge in [0.15, 0.2) is 0 Å². The summed E-state index contributed by atoms with van der Waals surface area (Å²) in [5.74, 6) is -1.09. The quantitative estimate of drug-likeness (QED) is 0.0586. The molecule has 2 atom stereocenters. The van der Waals surface area contributed by atoms with E-state index >= 15 is 0 Å². The molecule has 0 saturated carbocycles. The van der Waals surface area contributed by atoms with Crippen molar-refractivity contribution < 1.29 is 65.2 Å². The average molecular weight is 985 g/mol. The molecule has 4 N–H and O–H groups in total. The third-order valence-corrected chi connectivity index (χ3v) is 10.9. The standard InChI is InChI=1S/C28H28F3NO4.C27H26F3NO4/c1-18(2)17-25(36-24-13-9-22(10-14-24)27(35)32-16-15-26(33)34)21-5-3-19(4-6-21)20-7-11-23(12-8-20)28(29,30)31;1-17(2)25(35-23-13-9-21(10-14-23)26(34)31-16-15-24(32)33)20-5-3-18(4-6-20)19-7-11-22(12-8-19)27(28,29)30/h3-14,18,25H,15-17H2,1-2H3,(H,32,35)(H,33,34);3-14,17,25H,15-16H2,1-2H3,(H,31,34)(H,32,33). The number of ether oxygens (including phenoxy) is 2. The fourth-order valence-electron chi connectivity index (χ4n) is 7.18. The Kier molecular flexibility index (Phi) is 19.0. The van der Waals surface area contributed by atoms with Crippen LogP contribution in [0.2, 0.25) is 0 Å². The molecule has 0 radical (unpaired) electrons. The Balaban J connectivity index is 0.000000264. The maximum Gasteiger partial charge on any atom is 0.416 e. The first-order chi connectivity index (χ1) is 33.6. The average Bonchev–Trinajstić information content (AvgIpc) is 3.33. The molecule has 6 aromatic rings. The van der Waals surface area contributed by atoms with Crippen molar-refractivity contribution in [2.45, 2.75) is 71.5 Å². The van der Waals surface area contributed by atoms with Crippen molar-refractivity contribution in [2.24, 2.45) is 11.8 Å². The molecular weight excluding hydrogens is 931 g/mol. The number of nitrogens with one attached hydrogen (secondary N) is 2. The predicted octanol–water partition coefficient (Wildman–Crippen LogP) is 13.1. The largest absolute Gasteiger partial charge is 0.486 e. The molecule has 0 bridgehead atoms. The van der Waals surface area contributed by atoms with Crippen LogP contribution in [0.15, 0.2) is 146 Å². The summed E-state index contributed by atoms with van der Waals surface area (Å²) in [5, 5.41) is 22.4. The number of carboxylic acid groups (broad SMARTS) is 2. The number of benzene rings is 6. The maximum absolute atomic E-state index is 12.8. The van der Waals surface area contributed by atoms with Gasteiger partial charge in [0.25, 0.3) is 11.8 Å². The first-order valence-electron chi connectivity index (χ1n) is 22.7. The van der Waals surface area contributed by atoms with Crippen LogP contribution < -0.4 is 20.1 Å². The summed E-state index contributed by atoms with van der Waals surface area (Å²) in [5.41, 5.74) is 4.22. The zero-order valence-corrected chi connectivity index (χ0v) is 39.3. The number of aliphatic carboxylic acids is 2. The molecule has 10 nitrogen and oxygen atoms in total. The van der Waals surface area contributed by atoms with E-state index in [2.05, 4.69) is 24.5 Å². The molecule has 0 aliphatic heterocycles. The monoisotopic (exact) mass is 984 g/mol. The van der Waals surface area contributed by atoms with E-state index < -0.39 is 35.4 Å². The number of rotatable bonds is 19. The highest BCUT2D eigenvalue weighted by Crippen LogP contribution is 2.35. The van der Waals surface area contributed by atoms with Gasteiger partial charge in [-0.25, -0.2) is 0 Å². The number of halogens is 6. The number of carbonyl (C=O) groups excluding carboxylic acids is 2. The Morgan fingerprint density at radius 1 is 0.479 bits per heavy atom. The second kappa shape index (κ2) is 24.8. The number of hydrogen-bond acceptors (Lipinski definition) is 6. The minimum Gasteiger partial charge on any atom is -0.486 e. The lowest BCUT2D eigenvalue weighted by Gasteiger charge is -2.23. The van der Waals surface area contributed by atoms with E-state index in [-0.39, 0.29) is 55.9 Å². The highest BCUT2D eigenvalue weighted by atomic mass is 19.4. The number of alkyl halides is 6. The highest BCUT2D eigenvalue weighted by molar-refractivity contribution is 5.95. The fraction of sp³-hybridized carbons (Fsp3) is 0.273. The lowest BCUT2D eigenvalue weighted by molar-refractivity contribution is -0.138. The molecule has 2 amide bonds. The SMILES string of the molecule is CC(C)C(Oc1ccc(C(=O)NCCC(=O)O)cc1)c1ccc(-c2ccc(C(F)(F)F)cc2)cc1.CC(C)CC(Oc1ccc(C(=O)NCCC(=O)O)cc1)c1ccc(-c2ccc(C(F)(F)F)cc2)cc1. The van der Waals surface area contributed by atoms with Crippen molar-refractivity contribution in [2.75, 3.05) is 13.1 Å². The van der Waals surface area contributed by atoms with Gasteiger partial charge in [-0.2, -0.15) is 26.3 Å².